The molecule has 0 bridgehead atoms. The Balaban J connectivity index is 1.67. The van der Waals surface area contributed by atoms with Crippen molar-refractivity contribution in [1.29, 1.82) is 0 Å². The van der Waals surface area contributed by atoms with Crippen molar-refractivity contribution < 1.29 is 0 Å². The zero-order chi connectivity index (χ0) is 24.2. The van der Waals surface area contributed by atoms with Crippen molar-refractivity contribution in [2.75, 3.05) is 16.8 Å². The number of halogens is 1. The number of hydrogen-bond donors (Lipinski definition) is 1. The lowest BCUT2D eigenvalue weighted by molar-refractivity contribution is 0.566. The van der Waals surface area contributed by atoms with Gasteiger partial charge in [0.2, 0.25) is 0 Å². The lowest BCUT2D eigenvalue weighted by Crippen LogP contribution is -2.42. The van der Waals surface area contributed by atoms with E-state index in [1.807, 2.05) is 18.3 Å². The van der Waals surface area contributed by atoms with Crippen molar-refractivity contribution in [2.45, 2.75) is 45.3 Å². The zero-order valence-corrected chi connectivity index (χ0v) is 22.5. The van der Waals surface area contributed by atoms with Crippen LogP contribution >= 0.6 is 28.1 Å². The molecule has 6 heteroatoms. The summed E-state index contributed by atoms with van der Waals surface area (Å²) in [6.45, 7) is 8.82. The Morgan fingerprint density at radius 2 is 1.85 bits per heavy atom. The SMILES string of the molecule is CC1=CC(C)(C)N(C)c2ccc([C@@H]3[C@H](c4ccccn4)NC(=S)N3c3ccc(Br)c(C)c3)cc21. The summed E-state index contributed by atoms with van der Waals surface area (Å²) in [6, 6.07) is 19.2. The highest BCUT2D eigenvalue weighted by molar-refractivity contribution is 9.10. The van der Waals surface area contributed by atoms with Crippen molar-refractivity contribution in [3.05, 3.63) is 93.7 Å². The van der Waals surface area contributed by atoms with Crippen LogP contribution in [0.1, 0.15) is 55.2 Å². The summed E-state index contributed by atoms with van der Waals surface area (Å²) in [4.78, 5) is 9.28. The van der Waals surface area contributed by atoms with Gasteiger partial charge in [-0.1, -0.05) is 34.1 Å². The lowest BCUT2D eigenvalue weighted by Gasteiger charge is -2.41. The highest BCUT2D eigenvalue weighted by Gasteiger charge is 2.41. The molecule has 0 saturated carbocycles. The standard InChI is InChI=1S/C28H29BrN4S/c1-17-14-20(10-11-22(17)29)33-26(25(31-27(33)34)23-8-6-7-13-30-23)19-9-12-24-21(15-19)18(2)16-28(3,4)32(24)5/h6-16,25-26H,1-5H3,(H,31,34)/t25-,26+/m0/s1. The van der Waals surface area contributed by atoms with Crippen LogP contribution in [0.4, 0.5) is 11.4 Å². The molecule has 2 aromatic carbocycles. The molecule has 0 unspecified atom stereocenters. The summed E-state index contributed by atoms with van der Waals surface area (Å²) in [6.07, 6.45) is 4.20. The van der Waals surface area contributed by atoms with Crippen molar-refractivity contribution in [2.24, 2.45) is 0 Å². The fraction of sp³-hybridized carbons (Fsp3) is 0.286. The normalized spacial score (nSPS) is 21.2. The number of fused-ring (bicyclic) bond motifs is 1. The van der Waals surface area contributed by atoms with E-state index in [2.05, 4.69) is 119 Å². The highest BCUT2D eigenvalue weighted by atomic mass is 79.9. The van der Waals surface area contributed by atoms with Crippen LogP contribution in [0.25, 0.3) is 5.57 Å². The van der Waals surface area contributed by atoms with E-state index in [1.165, 1.54) is 28.0 Å². The number of allylic oxidation sites excluding steroid dienone is 1. The number of thiocarbonyl (C=S) groups is 1. The average Bonchev–Trinajstić information content (AvgIpc) is 3.16. The zero-order valence-electron chi connectivity index (χ0n) is 20.1. The molecule has 3 heterocycles. The molecule has 0 radical (unpaired) electrons. The summed E-state index contributed by atoms with van der Waals surface area (Å²) >= 11 is 9.54. The second-order valence-electron chi connectivity index (χ2n) is 9.75. The molecule has 1 N–H and O–H groups in total. The summed E-state index contributed by atoms with van der Waals surface area (Å²) < 4.78 is 1.09. The maximum Gasteiger partial charge on any atom is 0.174 e. The molecule has 2 atom stereocenters. The lowest BCUT2D eigenvalue weighted by atomic mass is 9.86. The quantitative estimate of drug-likeness (QED) is 0.368. The molecule has 5 rings (SSSR count). The number of anilines is 2. The molecule has 4 nitrogen and oxygen atoms in total. The Morgan fingerprint density at radius 1 is 1.06 bits per heavy atom. The maximum atomic E-state index is 5.90. The Hall–Kier alpha value is -2.70. The van der Waals surface area contributed by atoms with Gasteiger partial charge in [-0.15, -0.1) is 0 Å². The number of aryl methyl sites for hydroxylation is 1. The first-order valence-electron chi connectivity index (χ1n) is 11.5. The molecule has 1 aromatic heterocycles. The third-order valence-corrected chi connectivity index (χ3v) is 8.30. The Kier molecular flexibility index (Phi) is 5.77. The first-order chi connectivity index (χ1) is 16.2. The smallest absolute Gasteiger partial charge is 0.174 e. The van der Waals surface area contributed by atoms with Gasteiger partial charge in [0.25, 0.3) is 0 Å². The van der Waals surface area contributed by atoms with Crippen LogP contribution in [0.2, 0.25) is 0 Å². The molecule has 0 amide bonds. The summed E-state index contributed by atoms with van der Waals surface area (Å²) in [5.74, 6) is 0. The largest absolute Gasteiger partial charge is 0.366 e. The number of likely N-dealkylation sites (N-methyl/N-ethyl adjacent to an activating group) is 1. The van der Waals surface area contributed by atoms with Gasteiger partial charge in [-0.05, 0) is 99.1 Å². The Morgan fingerprint density at radius 3 is 2.56 bits per heavy atom. The van der Waals surface area contributed by atoms with E-state index in [-0.39, 0.29) is 17.6 Å². The fourth-order valence-electron chi connectivity index (χ4n) is 5.11. The van der Waals surface area contributed by atoms with Gasteiger partial charge in [-0.3, -0.25) is 4.98 Å². The fourth-order valence-corrected chi connectivity index (χ4v) is 5.70. The van der Waals surface area contributed by atoms with E-state index in [1.54, 1.807) is 0 Å². The summed E-state index contributed by atoms with van der Waals surface area (Å²) in [5, 5.41) is 4.29. The van der Waals surface area contributed by atoms with Gasteiger partial charge in [-0.2, -0.15) is 0 Å². The molecule has 34 heavy (non-hydrogen) atoms. The number of pyridine rings is 1. The number of nitrogens with zero attached hydrogens (tertiary/aromatic N) is 3. The average molecular weight is 534 g/mol. The number of hydrogen-bond acceptors (Lipinski definition) is 3. The number of aromatic nitrogens is 1. The molecule has 2 aliphatic rings. The van der Waals surface area contributed by atoms with E-state index >= 15 is 0 Å². The van der Waals surface area contributed by atoms with Gasteiger partial charge in [0.05, 0.1) is 23.3 Å². The molecule has 0 aliphatic carbocycles. The van der Waals surface area contributed by atoms with E-state index in [9.17, 15) is 0 Å². The Bertz CT molecular complexity index is 1300. The minimum atomic E-state index is -0.0576. The van der Waals surface area contributed by atoms with E-state index in [0.717, 1.165) is 15.9 Å². The molecule has 2 aliphatic heterocycles. The molecular formula is C28H29BrN4S. The molecule has 0 spiro atoms. The predicted molar refractivity (Wildman–Crippen MR) is 149 cm³/mol. The minimum absolute atomic E-state index is 0.0213. The second-order valence-corrected chi connectivity index (χ2v) is 11.0. The van der Waals surface area contributed by atoms with Gasteiger partial charge < -0.3 is 15.1 Å². The first kappa shape index (κ1) is 23.1. The van der Waals surface area contributed by atoms with Crippen LogP contribution in [0.5, 0.6) is 0 Å². The van der Waals surface area contributed by atoms with E-state index in [4.69, 9.17) is 12.2 Å². The molecule has 1 saturated heterocycles. The molecular weight excluding hydrogens is 504 g/mol. The second kappa shape index (κ2) is 8.51. The predicted octanol–water partition coefficient (Wildman–Crippen LogP) is 6.96. The Labute approximate surface area is 215 Å². The van der Waals surface area contributed by atoms with Crippen LogP contribution in [-0.4, -0.2) is 22.7 Å². The van der Waals surface area contributed by atoms with Crippen LogP contribution in [0.15, 0.2) is 71.3 Å². The van der Waals surface area contributed by atoms with E-state index < -0.39 is 0 Å². The first-order valence-corrected chi connectivity index (χ1v) is 12.7. The topological polar surface area (TPSA) is 31.4 Å². The maximum absolute atomic E-state index is 5.90. The third kappa shape index (κ3) is 3.83. The number of rotatable bonds is 3. The van der Waals surface area contributed by atoms with Gasteiger partial charge in [0, 0.05) is 34.7 Å². The number of nitrogens with one attached hydrogen (secondary N) is 1. The van der Waals surface area contributed by atoms with E-state index in [0.29, 0.717) is 5.11 Å². The van der Waals surface area contributed by atoms with Crippen molar-refractivity contribution in [3.63, 3.8) is 0 Å². The van der Waals surface area contributed by atoms with Gasteiger partial charge in [-0.25, -0.2) is 0 Å². The van der Waals surface area contributed by atoms with Crippen LogP contribution in [-0.2, 0) is 0 Å². The van der Waals surface area contributed by atoms with Gasteiger partial charge >= 0.3 is 0 Å². The van der Waals surface area contributed by atoms with Crippen LogP contribution < -0.4 is 15.1 Å². The molecule has 1 fully saturated rings. The van der Waals surface area contributed by atoms with Gasteiger partial charge in [0.15, 0.2) is 5.11 Å². The summed E-state index contributed by atoms with van der Waals surface area (Å²) in [7, 11) is 2.17. The van der Waals surface area contributed by atoms with Crippen molar-refractivity contribution in [3.8, 4) is 0 Å². The molecule has 174 valence electrons. The summed E-state index contributed by atoms with van der Waals surface area (Å²) in [5.41, 5.74) is 8.24. The third-order valence-electron chi connectivity index (χ3n) is 7.10. The monoisotopic (exact) mass is 532 g/mol. The minimum Gasteiger partial charge on any atom is -0.366 e. The van der Waals surface area contributed by atoms with Crippen LogP contribution in [0, 0.1) is 6.92 Å². The van der Waals surface area contributed by atoms with Crippen molar-refractivity contribution in [1.82, 2.24) is 10.3 Å². The number of benzene rings is 2. The van der Waals surface area contributed by atoms with Gasteiger partial charge in [0.1, 0.15) is 0 Å². The highest BCUT2D eigenvalue weighted by Crippen LogP contribution is 2.45. The van der Waals surface area contributed by atoms with Crippen molar-refractivity contribution >= 4 is 50.2 Å². The molecule has 3 aromatic rings. The van der Waals surface area contributed by atoms with Crippen LogP contribution in [0.3, 0.4) is 0 Å².